The second kappa shape index (κ2) is 8.10. The van der Waals surface area contributed by atoms with Gasteiger partial charge in [0.2, 0.25) is 5.95 Å². The summed E-state index contributed by atoms with van der Waals surface area (Å²) in [5.74, 6) is 2.56. The summed E-state index contributed by atoms with van der Waals surface area (Å²) in [6.07, 6.45) is 0.264. The third-order valence-corrected chi connectivity index (χ3v) is 6.21. The Bertz CT molecular complexity index is 1090. The zero-order valence-electron chi connectivity index (χ0n) is 17.6. The van der Waals surface area contributed by atoms with E-state index in [1.54, 1.807) is 24.7 Å². The van der Waals surface area contributed by atoms with Crippen LogP contribution in [0.5, 0.6) is 5.75 Å². The van der Waals surface area contributed by atoms with E-state index in [9.17, 15) is 13.2 Å². The number of aryl methyl sites for hydroxylation is 1. The summed E-state index contributed by atoms with van der Waals surface area (Å²) in [5, 5.41) is 7.95. The van der Waals surface area contributed by atoms with E-state index in [2.05, 4.69) is 30.3 Å². The van der Waals surface area contributed by atoms with Crippen LogP contribution in [0.25, 0.3) is 5.65 Å². The number of halogens is 3. The Morgan fingerprint density at radius 2 is 1.97 bits per heavy atom. The molecular formula is C21H24F3N7O. The fourth-order valence-corrected chi connectivity index (χ4v) is 4.74. The van der Waals surface area contributed by atoms with Gasteiger partial charge in [-0.15, -0.1) is 5.10 Å². The maximum atomic E-state index is 12.4. The van der Waals surface area contributed by atoms with Gasteiger partial charge in [0.25, 0.3) is 0 Å². The van der Waals surface area contributed by atoms with Gasteiger partial charge in [0, 0.05) is 37.1 Å². The molecule has 4 heterocycles. The lowest BCUT2D eigenvalue weighted by Crippen LogP contribution is -2.48. The van der Waals surface area contributed by atoms with Crippen LogP contribution in [0.4, 0.5) is 24.9 Å². The highest BCUT2D eigenvalue weighted by Crippen LogP contribution is 2.39. The van der Waals surface area contributed by atoms with Crippen LogP contribution in [0.2, 0.25) is 0 Å². The molecule has 1 saturated heterocycles. The molecule has 3 aromatic heterocycles. The summed E-state index contributed by atoms with van der Waals surface area (Å²) in [7, 11) is 0. The molecule has 1 N–H and O–H groups in total. The predicted octanol–water partition coefficient (Wildman–Crippen LogP) is 3.49. The van der Waals surface area contributed by atoms with Crippen molar-refractivity contribution in [1.82, 2.24) is 24.6 Å². The second-order valence-corrected chi connectivity index (χ2v) is 8.48. The Hall–Kier alpha value is -3.11. The van der Waals surface area contributed by atoms with Crippen molar-refractivity contribution in [1.29, 1.82) is 0 Å². The van der Waals surface area contributed by atoms with Gasteiger partial charge in [0.1, 0.15) is 12.1 Å². The highest BCUT2D eigenvalue weighted by atomic mass is 19.4. The van der Waals surface area contributed by atoms with Crippen LogP contribution in [0.3, 0.4) is 0 Å². The molecule has 1 unspecified atom stereocenters. The van der Waals surface area contributed by atoms with Gasteiger partial charge in [-0.1, -0.05) is 0 Å². The molecule has 0 aromatic carbocycles. The van der Waals surface area contributed by atoms with Crippen molar-refractivity contribution in [2.24, 2.45) is 11.8 Å². The van der Waals surface area contributed by atoms with E-state index in [1.807, 2.05) is 13.0 Å². The number of fused-ring (bicyclic) bond motifs is 3. The Kier molecular flexibility index (Phi) is 5.26. The highest BCUT2D eigenvalue weighted by molar-refractivity contribution is 5.56. The Labute approximate surface area is 182 Å². The summed E-state index contributed by atoms with van der Waals surface area (Å²) in [6, 6.07) is 5.54. The molecule has 11 heteroatoms. The highest BCUT2D eigenvalue weighted by Gasteiger charge is 2.43. The number of pyridine rings is 1. The minimum absolute atomic E-state index is 0.237. The molecule has 3 aromatic rings. The average Bonchev–Trinajstić information content (AvgIpc) is 3.24. The predicted molar refractivity (Wildman–Crippen MR) is 112 cm³/mol. The molecule has 0 amide bonds. The van der Waals surface area contributed by atoms with Gasteiger partial charge in [0.05, 0.1) is 13.0 Å². The van der Waals surface area contributed by atoms with E-state index >= 15 is 0 Å². The lowest BCUT2D eigenvalue weighted by molar-refractivity contribution is -0.139. The quantitative estimate of drug-likeness (QED) is 0.620. The summed E-state index contributed by atoms with van der Waals surface area (Å²) in [4.78, 5) is 15.4. The van der Waals surface area contributed by atoms with Crippen LogP contribution in [-0.2, 0) is 0 Å². The van der Waals surface area contributed by atoms with Crippen molar-refractivity contribution in [3.05, 3.63) is 36.4 Å². The molecule has 1 saturated carbocycles. The first-order chi connectivity index (χ1) is 15.4. The van der Waals surface area contributed by atoms with E-state index in [1.165, 1.54) is 4.52 Å². The lowest BCUT2D eigenvalue weighted by Gasteiger charge is -2.38. The van der Waals surface area contributed by atoms with Crippen LogP contribution in [0, 0.1) is 18.8 Å². The molecule has 32 heavy (non-hydrogen) atoms. The molecule has 2 fully saturated rings. The van der Waals surface area contributed by atoms with Crippen LogP contribution >= 0.6 is 0 Å². The number of anilines is 2. The van der Waals surface area contributed by atoms with Crippen molar-refractivity contribution in [3.8, 4) is 5.75 Å². The number of piperidine rings is 1. The fourth-order valence-electron chi connectivity index (χ4n) is 4.74. The standard InChI is InChI=1S/C21H24F3N7O/c1-13-9-17(26-12-25-13)30-10-14-4-5-15(11-30)18(14)27-20-28-19-16(3-2-7-31(19)29-20)32-8-6-21(22,23)24/h2-3,7,9,12,14-15,18H,4-6,8,10-11H2,1H3,(H,27,29)/t14-,15?,18-/m0/s1. The third-order valence-electron chi connectivity index (χ3n) is 6.21. The van der Waals surface area contributed by atoms with E-state index in [0.29, 0.717) is 23.4 Å². The number of nitrogens with one attached hydrogen (secondary N) is 1. The fraction of sp³-hybridized carbons (Fsp3) is 0.524. The first-order valence-electron chi connectivity index (χ1n) is 10.7. The summed E-state index contributed by atoms with van der Waals surface area (Å²) in [6.45, 7) is 3.29. The number of nitrogens with zero attached hydrogens (tertiary/aromatic N) is 6. The van der Waals surface area contributed by atoms with Crippen LogP contribution < -0.4 is 15.0 Å². The third kappa shape index (κ3) is 4.28. The topological polar surface area (TPSA) is 80.5 Å². The molecule has 3 atom stereocenters. The molecular weight excluding hydrogens is 423 g/mol. The van der Waals surface area contributed by atoms with Crippen molar-refractivity contribution < 1.29 is 17.9 Å². The molecule has 170 valence electrons. The first kappa shape index (κ1) is 20.8. The maximum Gasteiger partial charge on any atom is 0.392 e. The minimum Gasteiger partial charge on any atom is -0.489 e. The normalized spacial score (nSPS) is 23.0. The number of rotatable bonds is 6. The van der Waals surface area contributed by atoms with E-state index in [-0.39, 0.29) is 11.8 Å². The largest absolute Gasteiger partial charge is 0.489 e. The molecule has 5 rings (SSSR count). The van der Waals surface area contributed by atoms with Gasteiger partial charge >= 0.3 is 6.18 Å². The van der Waals surface area contributed by atoms with E-state index in [0.717, 1.165) is 37.4 Å². The number of hydrogen-bond donors (Lipinski definition) is 1. The second-order valence-electron chi connectivity index (χ2n) is 8.48. The molecule has 0 radical (unpaired) electrons. The SMILES string of the molecule is Cc1cc(N2CC3CC[C@@H](C2)[C@@H]3Nc2nc3c(OCCC(F)(F)F)cccn3n2)ncn1. The van der Waals surface area contributed by atoms with E-state index in [4.69, 9.17) is 4.74 Å². The molecule has 8 nitrogen and oxygen atoms in total. The first-order valence-corrected chi connectivity index (χ1v) is 10.7. The van der Waals surface area contributed by atoms with Gasteiger partial charge in [-0.2, -0.15) is 18.2 Å². The zero-order valence-corrected chi connectivity index (χ0v) is 17.6. The van der Waals surface area contributed by atoms with Gasteiger partial charge < -0.3 is 15.0 Å². The number of aromatic nitrogens is 5. The summed E-state index contributed by atoms with van der Waals surface area (Å²) >= 11 is 0. The Balaban J connectivity index is 1.28. The number of ether oxygens (including phenoxy) is 1. The van der Waals surface area contributed by atoms with Crippen molar-refractivity contribution in [2.45, 2.75) is 38.4 Å². The van der Waals surface area contributed by atoms with Gasteiger partial charge in [0.15, 0.2) is 11.4 Å². The van der Waals surface area contributed by atoms with Crippen molar-refractivity contribution in [3.63, 3.8) is 0 Å². The lowest BCUT2D eigenvalue weighted by atomic mass is 9.92. The average molecular weight is 447 g/mol. The molecule has 1 aliphatic carbocycles. The smallest absolute Gasteiger partial charge is 0.392 e. The molecule has 0 spiro atoms. The van der Waals surface area contributed by atoms with Gasteiger partial charge in [-0.3, -0.25) is 0 Å². The number of alkyl halides is 3. The van der Waals surface area contributed by atoms with Gasteiger partial charge in [-0.25, -0.2) is 14.5 Å². The molecule has 2 aliphatic rings. The monoisotopic (exact) mass is 447 g/mol. The van der Waals surface area contributed by atoms with Crippen molar-refractivity contribution in [2.75, 3.05) is 29.9 Å². The summed E-state index contributed by atoms with van der Waals surface area (Å²) in [5.41, 5.74) is 1.35. The Morgan fingerprint density at radius 3 is 2.69 bits per heavy atom. The van der Waals surface area contributed by atoms with Crippen LogP contribution in [0.1, 0.15) is 25.0 Å². The molecule has 2 bridgehead atoms. The summed E-state index contributed by atoms with van der Waals surface area (Å²) < 4.78 is 44.2. The maximum absolute atomic E-state index is 12.4. The number of hydrogen-bond acceptors (Lipinski definition) is 7. The van der Waals surface area contributed by atoms with Crippen molar-refractivity contribution >= 4 is 17.4 Å². The van der Waals surface area contributed by atoms with Crippen LogP contribution in [-0.4, -0.2) is 56.5 Å². The minimum atomic E-state index is -4.26. The molecule has 1 aliphatic heterocycles. The van der Waals surface area contributed by atoms with Gasteiger partial charge in [-0.05, 0) is 43.7 Å². The Morgan fingerprint density at radius 1 is 1.19 bits per heavy atom. The van der Waals surface area contributed by atoms with E-state index < -0.39 is 19.2 Å². The van der Waals surface area contributed by atoms with Crippen LogP contribution in [0.15, 0.2) is 30.7 Å². The zero-order chi connectivity index (χ0) is 22.3.